The average Bonchev–Trinajstić information content (AvgIpc) is 3.93. The number of aromatic nitrogens is 4. The Bertz CT molecular complexity index is 4240. The van der Waals surface area contributed by atoms with Crippen LogP contribution in [0.1, 0.15) is 0 Å². The van der Waals surface area contributed by atoms with E-state index in [0.29, 0.717) is 17.5 Å². The predicted octanol–water partition coefficient (Wildman–Crippen LogP) is 16.1. The molecule has 0 N–H and O–H groups in total. The van der Waals surface area contributed by atoms with Crippen molar-refractivity contribution in [2.24, 2.45) is 0 Å². The van der Waals surface area contributed by atoms with Crippen LogP contribution in [0, 0.1) is 0 Å². The van der Waals surface area contributed by atoms with Gasteiger partial charge in [0.15, 0.2) is 17.5 Å². The number of para-hydroxylation sites is 1. The minimum absolute atomic E-state index is 0.584. The van der Waals surface area contributed by atoms with Crippen LogP contribution in [0.3, 0.4) is 0 Å². The molecule has 0 unspecified atom stereocenters. The summed E-state index contributed by atoms with van der Waals surface area (Å²) in [4.78, 5) is 16.2. The van der Waals surface area contributed by atoms with Crippen molar-refractivity contribution >= 4 is 86.8 Å². The quantitative estimate of drug-likeness (QED) is 0.162. The van der Waals surface area contributed by atoms with E-state index in [9.17, 15) is 0 Å². The first-order valence-electron chi connectivity index (χ1n) is 22.3. The van der Waals surface area contributed by atoms with Crippen molar-refractivity contribution in [3.8, 4) is 51.0 Å². The second-order valence-corrected chi connectivity index (χ2v) is 17.1. The summed E-state index contributed by atoms with van der Waals surface area (Å²) in [6.07, 6.45) is 0. The highest BCUT2D eigenvalue weighted by atomic mass is 16.3. The summed E-state index contributed by atoms with van der Waals surface area (Å²) in [6.45, 7) is 0. The van der Waals surface area contributed by atoms with Gasteiger partial charge < -0.3 is 8.98 Å². The summed E-state index contributed by atoms with van der Waals surface area (Å²) in [5.74, 6) is 1.81. The molecule has 14 rings (SSSR count). The predicted molar refractivity (Wildman–Crippen MR) is 273 cm³/mol. The van der Waals surface area contributed by atoms with Crippen LogP contribution in [-0.4, -0.2) is 19.5 Å². The first-order valence-corrected chi connectivity index (χ1v) is 22.3. The van der Waals surface area contributed by atoms with Crippen molar-refractivity contribution in [3.05, 3.63) is 218 Å². The maximum absolute atomic E-state index is 6.82. The van der Waals surface area contributed by atoms with Gasteiger partial charge in [0.25, 0.3) is 0 Å². The van der Waals surface area contributed by atoms with Crippen LogP contribution in [0.5, 0.6) is 0 Å². The van der Waals surface area contributed by atoms with Crippen LogP contribution in [0.2, 0.25) is 0 Å². The maximum Gasteiger partial charge on any atom is 0.165 e. The topological polar surface area (TPSA) is 56.7 Å². The minimum Gasteiger partial charge on any atom is -0.455 e. The van der Waals surface area contributed by atoms with E-state index in [1.807, 2.05) is 18.2 Å². The molecule has 0 aliphatic carbocycles. The third-order valence-electron chi connectivity index (χ3n) is 13.4. The van der Waals surface area contributed by atoms with E-state index in [1.165, 1.54) is 21.5 Å². The average molecular weight is 841 g/mol. The first kappa shape index (κ1) is 36.5. The Labute approximate surface area is 378 Å². The monoisotopic (exact) mass is 840 g/mol. The second-order valence-electron chi connectivity index (χ2n) is 17.1. The lowest BCUT2D eigenvalue weighted by atomic mass is 9.93. The molecule has 0 fully saturated rings. The van der Waals surface area contributed by atoms with Gasteiger partial charge in [-0.2, -0.15) is 0 Å². The minimum atomic E-state index is 0.584. The molecule has 3 aromatic heterocycles. The fraction of sp³-hybridized carbons (Fsp3) is 0. The van der Waals surface area contributed by atoms with Crippen LogP contribution >= 0.6 is 0 Å². The third kappa shape index (κ3) is 5.57. The van der Waals surface area contributed by atoms with Gasteiger partial charge in [-0.15, -0.1) is 0 Å². The highest BCUT2D eigenvalue weighted by molar-refractivity contribution is 6.20. The molecule has 0 saturated heterocycles. The number of nitrogens with zero attached hydrogens (tertiary/aromatic N) is 4. The lowest BCUT2D eigenvalue weighted by Gasteiger charge is -2.17. The molecule has 0 atom stereocenters. The SMILES string of the molecule is c1ccc(-c2nc(-c3ccc(-n4c5ccccc5c5cc6ccccc6cc54)cc3-c3cccc4oc5c6ccccc6ccc5c34)nc(-c3c4ccccc4cc4ccccc34)n2)cc1. The number of hydrogen-bond donors (Lipinski definition) is 0. The number of benzene rings is 11. The molecule has 66 heavy (non-hydrogen) atoms. The van der Waals surface area contributed by atoms with Gasteiger partial charge >= 0.3 is 0 Å². The third-order valence-corrected chi connectivity index (χ3v) is 13.4. The lowest BCUT2D eigenvalue weighted by molar-refractivity contribution is 0.673. The molecule has 14 aromatic rings. The van der Waals surface area contributed by atoms with Gasteiger partial charge in [-0.1, -0.05) is 164 Å². The Morgan fingerprint density at radius 3 is 1.76 bits per heavy atom. The van der Waals surface area contributed by atoms with E-state index in [0.717, 1.165) is 98.8 Å². The van der Waals surface area contributed by atoms with Crippen molar-refractivity contribution in [2.45, 2.75) is 0 Å². The Hall–Kier alpha value is -8.93. The molecule has 0 aliphatic rings. The smallest absolute Gasteiger partial charge is 0.165 e. The number of hydrogen-bond acceptors (Lipinski definition) is 4. The van der Waals surface area contributed by atoms with E-state index >= 15 is 0 Å². The Morgan fingerprint density at radius 1 is 0.333 bits per heavy atom. The first-order chi connectivity index (χ1) is 32.7. The summed E-state index contributed by atoms with van der Waals surface area (Å²) < 4.78 is 9.23. The van der Waals surface area contributed by atoms with Crippen LogP contribution < -0.4 is 0 Å². The van der Waals surface area contributed by atoms with Crippen LogP contribution in [0.4, 0.5) is 0 Å². The maximum atomic E-state index is 6.82. The van der Waals surface area contributed by atoms with Gasteiger partial charge in [0.05, 0.1) is 11.0 Å². The molecule has 5 heteroatoms. The molecule has 0 amide bonds. The summed E-state index contributed by atoms with van der Waals surface area (Å²) in [5, 5.41) is 13.6. The van der Waals surface area contributed by atoms with E-state index in [4.69, 9.17) is 19.4 Å². The molecule has 5 nitrogen and oxygen atoms in total. The van der Waals surface area contributed by atoms with E-state index in [-0.39, 0.29) is 0 Å². The summed E-state index contributed by atoms with van der Waals surface area (Å²) in [6, 6.07) is 77.5. The summed E-state index contributed by atoms with van der Waals surface area (Å²) in [5.41, 5.74) is 9.80. The summed E-state index contributed by atoms with van der Waals surface area (Å²) >= 11 is 0. The molecule has 0 radical (unpaired) electrons. The lowest BCUT2D eigenvalue weighted by Crippen LogP contribution is -2.03. The van der Waals surface area contributed by atoms with Crippen molar-refractivity contribution in [2.75, 3.05) is 0 Å². The Kier molecular flexibility index (Phi) is 7.91. The van der Waals surface area contributed by atoms with Gasteiger partial charge in [0, 0.05) is 49.3 Å². The van der Waals surface area contributed by atoms with Crippen molar-refractivity contribution in [3.63, 3.8) is 0 Å². The Morgan fingerprint density at radius 2 is 0.970 bits per heavy atom. The van der Waals surface area contributed by atoms with Gasteiger partial charge in [-0.05, 0) is 103 Å². The zero-order valence-corrected chi connectivity index (χ0v) is 35.5. The van der Waals surface area contributed by atoms with Crippen LogP contribution in [0.15, 0.2) is 223 Å². The fourth-order valence-corrected chi connectivity index (χ4v) is 10.4. The van der Waals surface area contributed by atoms with Gasteiger partial charge in [-0.3, -0.25) is 0 Å². The molecule has 3 heterocycles. The number of furan rings is 1. The molecule has 0 saturated carbocycles. The van der Waals surface area contributed by atoms with Gasteiger partial charge in [0.2, 0.25) is 0 Å². The number of rotatable bonds is 5. The summed E-state index contributed by atoms with van der Waals surface area (Å²) in [7, 11) is 0. The molecule has 0 aliphatic heterocycles. The molecule has 0 spiro atoms. The highest BCUT2D eigenvalue weighted by Gasteiger charge is 2.23. The van der Waals surface area contributed by atoms with Gasteiger partial charge in [0.1, 0.15) is 11.2 Å². The van der Waals surface area contributed by atoms with E-state index in [1.54, 1.807) is 0 Å². The zero-order chi connectivity index (χ0) is 43.3. The fourth-order valence-electron chi connectivity index (χ4n) is 10.4. The standard InChI is InChI=1S/C61H36N4O/c1-2-16-38(17-3-1)59-62-60(64-61(63-59)57-44-22-9-7-20-41(44)33-42-21-8-10-23-45(42)57)49-32-30-43(65-53-27-13-12-25-47(53)52-34-39-18-4-5-19-40(39)35-54(52)65)36-51(49)48-26-14-28-55-56(48)50-31-29-37-15-6-11-24-46(37)58(50)66-55/h1-36H. The largest absolute Gasteiger partial charge is 0.455 e. The molecular weight excluding hydrogens is 805 g/mol. The Balaban J connectivity index is 1.10. The van der Waals surface area contributed by atoms with Crippen molar-refractivity contribution in [1.29, 1.82) is 0 Å². The van der Waals surface area contributed by atoms with Crippen molar-refractivity contribution < 1.29 is 4.42 Å². The van der Waals surface area contributed by atoms with Crippen LogP contribution in [-0.2, 0) is 0 Å². The van der Waals surface area contributed by atoms with E-state index < -0.39 is 0 Å². The molecular formula is C61H36N4O. The molecule has 11 aromatic carbocycles. The van der Waals surface area contributed by atoms with Crippen molar-refractivity contribution in [1.82, 2.24) is 19.5 Å². The zero-order valence-electron chi connectivity index (χ0n) is 35.5. The number of fused-ring (bicyclic) bond motifs is 11. The van der Waals surface area contributed by atoms with Crippen LogP contribution in [0.25, 0.3) is 138 Å². The molecule has 306 valence electrons. The second kappa shape index (κ2) is 14.3. The molecule has 0 bridgehead atoms. The van der Waals surface area contributed by atoms with E-state index in [2.05, 4.69) is 205 Å². The normalized spacial score (nSPS) is 11.9. The highest BCUT2D eigenvalue weighted by Crippen LogP contribution is 2.45. The van der Waals surface area contributed by atoms with Gasteiger partial charge in [-0.25, -0.2) is 15.0 Å².